The molecule has 1 saturated carbocycles. The number of hydrogen-bond donors (Lipinski definition) is 2. The van der Waals surface area contributed by atoms with E-state index < -0.39 is 0 Å². The van der Waals surface area contributed by atoms with Gasteiger partial charge in [0.15, 0.2) is 0 Å². The molecule has 0 aromatic heterocycles. The quantitative estimate of drug-likeness (QED) is 0.794. The summed E-state index contributed by atoms with van der Waals surface area (Å²) in [6.07, 6.45) is 9.15. The highest BCUT2D eigenvalue weighted by Crippen LogP contribution is 2.24. The third-order valence-corrected chi connectivity index (χ3v) is 4.25. The molecule has 1 aliphatic carbocycles. The van der Waals surface area contributed by atoms with Crippen LogP contribution in [0.3, 0.4) is 0 Å². The smallest absolute Gasteiger partial charge is 0.240 e. The fourth-order valence-electron chi connectivity index (χ4n) is 3.24. The van der Waals surface area contributed by atoms with Gasteiger partial charge < -0.3 is 15.3 Å². The first-order valence-electron chi connectivity index (χ1n) is 7.47. The zero-order valence-electron chi connectivity index (χ0n) is 11.2. The highest BCUT2D eigenvalue weighted by Gasteiger charge is 2.30. The molecule has 2 N–H and O–H groups in total. The summed E-state index contributed by atoms with van der Waals surface area (Å²) in [5, 5.41) is 12.6. The van der Waals surface area contributed by atoms with Crippen LogP contribution in [-0.2, 0) is 4.79 Å². The van der Waals surface area contributed by atoms with Crippen LogP contribution in [-0.4, -0.2) is 47.7 Å². The SMILES string of the molecule is O=C(C1CCCCCN1)N(CCO)C1CCCC1. The molecule has 4 heteroatoms. The van der Waals surface area contributed by atoms with Crippen LogP contribution in [0.1, 0.15) is 51.4 Å². The molecule has 2 rings (SSSR count). The number of aliphatic hydroxyl groups excluding tert-OH is 1. The van der Waals surface area contributed by atoms with Crippen molar-refractivity contribution in [2.75, 3.05) is 19.7 Å². The van der Waals surface area contributed by atoms with Gasteiger partial charge in [0, 0.05) is 12.6 Å². The molecule has 0 spiro atoms. The van der Waals surface area contributed by atoms with Crippen LogP contribution in [0.2, 0.25) is 0 Å². The van der Waals surface area contributed by atoms with Crippen LogP contribution in [0.15, 0.2) is 0 Å². The summed E-state index contributed by atoms with van der Waals surface area (Å²) >= 11 is 0. The topological polar surface area (TPSA) is 52.6 Å². The van der Waals surface area contributed by atoms with Crippen molar-refractivity contribution < 1.29 is 9.90 Å². The van der Waals surface area contributed by atoms with E-state index in [2.05, 4.69) is 5.32 Å². The predicted octanol–water partition coefficient (Wildman–Crippen LogP) is 1.28. The molecule has 1 amide bonds. The second-order valence-corrected chi connectivity index (χ2v) is 5.55. The highest BCUT2D eigenvalue weighted by molar-refractivity contribution is 5.82. The summed E-state index contributed by atoms with van der Waals surface area (Å²) in [6, 6.07) is 0.356. The van der Waals surface area contributed by atoms with E-state index >= 15 is 0 Å². The molecule has 18 heavy (non-hydrogen) atoms. The third kappa shape index (κ3) is 3.45. The first-order valence-corrected chi connectivity index (χ1v) is 7.47. The molecule has 0 radical (unpaired) electrons. The van der Waals surface area contributed by atoms with Crippen LogP contribution in [0, 0.1) is 0 Å². The fourth-order valence-corrected chi connectivity index (χ4v) is 3.24. The first-order chi connectivity index (χ1) is 8.83. The minimum atomic E-state index is -0.0142. The maximum absolute atomic E-state index is 12.6. The maximum atomic E-state index is 12.6. The fraction of sp³-hybridized carbons (Fsp3) is 0.929. The van der Waals surface area contributed by atoms with Crippen LogP contribution in [0.5, 0.6) is 0 Å². The summed E-state index contributed by atoms with van der Waals surface area (Å²) in [7, 11) is 0. The van der Waals surface area contributed by atoms with E-state index in [0.717, 1.165) is 32.2 Å². The Labute approximate surface area is 110 Å². The van der Waals surface area contributed by atoms with Crippen molar-refractivity contribution in [3.05, 3.63) is 0 Å². The molecule has 0 bridgehead atoms. The summed E-state index contributed by atoms with van der Waals surface area (Å²) < 4.78 is 0. The predicted molar refractivity (Wildman–Crippen MR) is 71.3 cm³/mol. The number of nitrogens with zero attached hydrogens (tertiary/aromatic N) is 1. The third-order valence-electron chi connectivity index (χ3n) is 4.25. The lowest BCUT2D eigenvalue weighted by Gasteiger charge is -2.32. The van der Waals surface area contributed by atoms with E-state index in [4.69, 9.17) is 0 Å². The van der Waals surface area contributed by atoms with Crippen LogP contribution >= 0.6 is 0 Å². The van der Waals surface area contributed by atoms with Crippen molar-refractivity contribution in [3.8, 4) is 0 Å². The van der Waals surface area contributed by atoms with Crippen LogP contribution in [0.4, 0.5) is 0 Å². The Morgan fingerprint density at radius 2 is 1.83 bits per heavy atom. The largest absolute Gasteiger partial charge is 0.395 e. The minimum Gasteiger partial charge on any atom is -0.395 e. The molecule has 2 aliphatic rings. The van der Waals surface area contributed by atoms with Gasteiger partial charge in [-0.3, -0.25) is 4.79 Å². The normalized spacial score (nSPS) is 25.9. The maximum Gasteiger partial charge on any atom is 0.240 e. The second kappa shape index (κ2) is 7.10. The van der Waals surface area contributed by atoms with Gasteiger partial charge in [0.1, 0.15) is 0 Å². The Balaban J connectivity index is 1.96. The van der Waals surface area contributed by atoms with Crippen molar-refractivity contribution >= 4 is 5.91 Å². The second-order valence-electron chi connectivity index (χ2n) is 5.55. The standard InChI is InChI=1S/C14H26N2O2/c17-11-10-16(12-6-3-4-7-12)14(18)13-8-2-1-5-9-15-13/h12-13,15,17H,1-11H2. The molecule has 104 valence electrons. The van der Waals surface area contributed by atoms with Crippen molar-refractivity contribution in [2.24, 2.45) is 0 Å². The Hall–Kier alpha value is -0.610. The average Bonchev–Trinajstić information content (AvgIpc) is 2.77. The zero-order valence-corrected chi connectivity index (χ0v) is 11.2. The number of carbonyl (C=O) groups is 1. The van der Waals surface area contributed by atoms with Crippen LogP contribution in [0.25, 0.3) is 0 Å². The zero-order chi connectivity index (χ0) is 12.8. The monoisotopic (exact) mass is 254 g/mol. The van der Waals surface area contributed by atoms with Crippen molar-refractivity contribution in [2.45, 2.75) is 63.5 Å². The van der Waals surface area contributed by atoms with Gasteiger partial charge in [0.2, 0.25) is 5.91 Å². The number of nitrogens with one attached hydrogen (secondary N) is 1. The van der Waals surface area contributed by atoms with E-state index in [1.54, 1.807) is 0 Å². The number of rotatable bonds is 4. The Morgan fingerprint density at radius 1 is 1.11 bits per heavy atom. The van der Waals surface area contributed by atoms with E-state index in [1.165, 1.54) is 25.7 Å². The Morgan fingerprint density at radius 3 is 2.56 bits per heavy atom. The first kappa shape index (κ1) is 13.8. The average molecular weight is 254 g/mol. The Kier molecular flexibility index (Phi) is 5.45. The molecule has 1 unspecified atom stereocenters. The lowest BCUT2D eigenvalue weighted by molar-refractivity contribution is -0.136. The summed E-state index contributed by atoms with van der Waals surface area (Å²) in [5.41, 5.74) is 0. The molecular formula is C14H26N2O2. The summed E-state index contributed by atoms with van der Waals surface area (Å²) in [6.45, 7) is 1.53. The minimum absolute atomic E-state index is 0.0142. The molecule has 2 fully saturated rings. The van der Waals surface area contributed by atoms with Gasteiger partial charge in [-0.05, 0) is 32.2 Å². The lowest BCUT2D eigenvalue weighted by atomic mass is 10.1. The number of aliphatic hydroxyl groups is 1. The number of amides is 1. The Bertz CT molecular complexity index is 257. The van der Waals surface area contributed by atoms with E-state index in [1.807, 2.05) is 4.90 Å². The molecule has 1 aliphatic heterocycles. The van der Waals surface area contributed by atoms with Crippen molar-refractivity contribution in [3.63, 3.8) is 0 Å². The van der Waals surface area contributed by atoms with Gasteiger partial charge in [0.25, 0.3) is 0 Å². The van der Waals surface area contributed by atoms with E-state index in [9.17, 15) is 9.90 Å². The molecule has 0 aromatic rings. The number of carbonyl (C=O) groups excluding carboxylic acids is 1. The van der Waals surface area contributed by atoms with Gasteiger partial charge in [-0.2, -0.15) is 0 Å². The van der Waals surface area contributed by atoms with Gasteiger partial charge in [-0.1, -0.05) is 25.7 Å². The lowest BCUT2D eigenvalue weighted by Crippen LogP contribution is -2.50. The van der Waals surface area contributed by atoms with Crippen LogP contribution < -0.4 is 5.32 Å². The summed E-state index contributed by atoms with van der Waals surface area (Å²) in [4.78, 5) is 14.5. The van der Waals surface area contributed by atoms with Crippen molar-refractivity contribution in [1.82, 2.24) is 10.2 Å². The van der Waals surface area contributed by atoms with Gasteiger partial charge in [0.05, 0.1) is 12.6 Å². The van der Waals surface area contributed by atoms with E-state index in [-0.39, 0.29) is 18.6 Å². The van der Waals surface area contributed by atoms with Gasteiger partial charge >= 0.3 is 0 Å². The molecule has 1 atom stereocenters. The van der Waals surface area contributed by atoms with Gasteiger partial charge in [-0.15, -0.1) is 0 Å². The molecule has 1 heterocycles. The number of hydrogen-bond acceptors (Lipinski definition) is 3. The highest BCUT2D eigenvalue weighted by atomic mass is 16.3. The van der Waals surface area contributed by atoms with Gasteiger partial charge in [-0.25, -0.2) is 0 Å². The molecule has 0 aromatic carbocycles. The molecule has 1 saturated heterocycles. The van der Waals surface area contributed by atoms with Crippen molar-refractivity contribution in [1.29, 1.82) is 0 Å². The summed E-state index contributed by atoms with van der Waals surface area (Å²) in [5.74, 6) is 0.220. The molecule has 4 nitrogen and oxygen atoms in total. The molecular weight excluding hydrogens is 228 g/mol. The van der Waals surface area contributed by atoms with E-state index in [0.29, 0.717) is 12.6 Å².